The molecule has 13 nitrogen and oxygen atoms in total. The van der Waals surface area contributed by atoms with Crippen molar-refractivity contribution in [2.45, 2.75) is 45.2 Å². The van der Waals surface area contributed by atoms with Crippen molar-refractivity contribution in [3.8, 4) is 5.82 Å². The van der Waals surface area contributed by atoms with Gasteiger partial charge in [-0.05, 0) is 37.5 Å². The summed E-state index contributed by atoms with van der Waals surface area (Å²) in [6, 6.07) is 21.8. The quantitative estimate of drug-likeness (QED) is 0.262. The molecule has 0 spiro atoms. The van der Waals surface area contributed by atoms with E-state index in [1.54, 1.807) is 21.6 Å². The first kappa shape index (κ1) is 28.6. The number of amides is 1. The third-order valence-electron chi connectivity index (χ3n) is 9.00. The number of rotatable bonds is 8. The van der Waals surface area contributed by atoms with Crippen LogP contribution in [0.25, 0.3) is 27.6 Å². The van der Waals surface area contributed by atoms with E-state index >= 15 is 0 Å². The number of H-pyrrole nitrogens is 1. The van der Waals surface area contributed by atoms with Gasteiger partial charge in [-0.1, -0.05) is 53.7 Å². The Morgan fingerprint density at radius 2 is 1.72 bits per heavy atom. The molecule has 1 N–H and O–H groups in total. The van der Waals surface area contributed by atoms with Crippen LogP contribution in [0.15, 0.2) is 88.4 Å². The van der Waals surface area contributed by atoms with Gasteiger partial charge in [0.25, 0.3) is 11.5 Å². The van der Waals surface area contributed by atoms with Crippen LogP contribution in [0.4, 0.5) is 0 Å². The van der Waals surface area contributed by atoms with Gasteiger partial charge in [-0.25, -0.2) is 14.5 Å². The lowest BCUT2D eigenvalue weighted by Gasteiger charge is -2.31. The second kappa shape index (κ2) is 11.8. The van der Waals surface area contributed by atoms with Gasteiger partial charge in [0.1, 0.15) is 12.2 Å². The topological polar surface area (TPSA) is 146 Å². The fraction of sp³-hybridized carbons (Fsp3) is 0.265. The third kappa shape index (κ3) is 5.29. The molecule has 8 rings (SSSR count). The number of piperidine rings is 1. The molecular formula is C34H32N10O3. The summed E-state index contributed by atoms with van der Waals surface area (Å²) < 4.78 is 11.4. The lowest BCUT2D eigenvalue weighted by Crippen LogP contribution is -2.38. The standard InChI is InChI=1S/C34H32N10O3/c1-2-29-27(18-35-44(29)32-11-12-33(45)38-37-32)34(46)41-15-13-22(14-16-41)28-17-24(47-39-28)21-42-19-23(36-40-42)20-43-30-9-5-3-7-25(30)26-8-4-6-10-31(26)43/h3-12,17-19,22H,2,13-16,20-21H2,1H3,(H,38,45). The third-order valence-corrected chi connectivity index (χ3v) is 9.00. The van der Waals surface area contributed by atoms with E-state index in [1.165, 1.54) is 27.9 Å². The summed E-state index contributed by atoms with van der Waals surface area (Å²) in [5.41, 5.74) is 5.09. The summed E-state index contributed by atoms with van der Waals surface area (Å²) >= 11 is 0. The summed E-state index contributed by atoms with van der Waals surface area (Å²) in [4.78, 5) is 26.8. The molecule has 5 aromatic heterocycles. The lowest BCUT2D eigenvalue weighted by atomic mass is 9.93. The Kier molecular flexibility index (Phi) is 7.20. The van der Waals surface area contributed by atoms with E-state index in [0.717, 1.165) is 29.9 Å². The fourth-order valence-corrected chi connectivity index (χ4v) is 6.67. The number of aromatic nitrogens is 9. The van der Waals surface area contributed by atoms with E-state index in [0.29, 0.717) is 49.7 Å². The molecule has 47 heavy (non-hydrogen) atoms. The van der Waals surface area contributed by atoms with Crippen molar-refractivity contribution in [2.24, 2.45) is 0 Å². The molecule has 1 saturated heterocycles. The minimum Gasteiger partial charge on any atom is -0.359 e. The molecule has 236 valence electrons. The Labute approximate surface area is 268 Å². The molecule has 1 aliphatic rings. The first-order valence-corrected chi connectivity index (χ1v) is 15.8. The number of nitrogens with one attached hydrogen (secondary N) is 1. The summed E-state index contributed by atoms with van der Waals surface area (Å²) in [6.45, 7) is 4.21. The van der Waals surface area contributed by atoms with Crippen LogP contribution in [-0.4, -0.2) is 68.6 Å². The Balaban J connectivity index is 0.910. The maximum absolute atomic E-state index is 13.5. The van der Waals surface area contributed by atoms with Crippen LogP contribution in [0.3, 0.4) is 0 Å². The number of likely N-dealkylation sites (tertiary alicyclic amines) is 1. The molecule has 0 atom stereocenters. The molecule has 13 heteroatoms. The van der Waals surface area contributed by atoms with Crippen LogP contribution < -0.4 is 5.56 Å². The van der Waals surface area contributed by atoms with Crippen molar-refractivity contribution in [1.29, 1.82) is 0 Å². The second-order valence-electron chi connectivity index (χ2n) is 11.9. The highest BCUT2D eigenvalue weighted by atomic mass is 16.5. The van der Waals surface area contributed by atoms with Gasteiger partial charge >= 0.3 is 0 Å². The molecular weight excluding hydrogens is 596 g/mol. The number of hydrogen-bond acceptors (Lipinski definition) is 8. The van der Waals surface area contributed by atoms with E-state index in [4.69, 9.17) is 4.52 Å². The second-order valence-corrected chi connectivity index (χ2v) is 11.9. The minimum atomic E-state index is -0.295. The van der Waals surface area contributed by atoms with Crippen LogP contribution in [0, 0.1) is 0 Å². The van der Waals surface area contributed by atoms with Gasteiger partial charge in [-0.2, -0.15) is 10.2 Å². The molecule has 1 aliphatic heterocycles. The molecule has 1 fully saturated rings. The Hall–Kier alpha value is -5.85. The molecule has 0 unspecified atom stereocenters. The summed E-state index contributed by atoms with van der Waals surface area (Å²) in [5.74, 6) is 1.31. The smallest absolute Gasteiger partial charge is 0.264 e. The van der Waals surface area contributed by atoms with Crippen LogP contribution in [0.2, 0.25) is 0 Å². The first-order chi connectivity index (χ1) is 23.1. The lowest BCUT2D eigenvalue weighted by molar-refractivity contribution is 0.0710. The predicted molar refractivity (Wildman–Crippen MR) is 173 cm³/mol. The Morgan fingerprint density at radius 3 is 2.43 bits per heavy atom. The SMILES string of the molecule is CCc1c(C(=O)N2CCC(c3cc(Cn4cc(Cn5c6ccccc6c6ccccc65)nn4)on3)CC2)cnn1-c1ccc(=O)[nH]n1. The highest BCUT2D eigenvalue weighted by Crippen LogP contribution is 2.31. The van der Waals surface area contributed by atoms with E-state index in [-0.39, 0.29) is 17.4 Å². The monoisotopic (exact) mass is 628 g/mol. The molecule has 2 aromatic carbocycles. The van der Waals surface area contributed by atoms with Crippen LogP contribution in [0.5, 0.6) is 0 Å². The Bertz CT molecular complexity index is 2210. The number of aromatic amines is 1. The van der Waals surface area contributed by atoms with Gasteiger partial charge < -0.3 is 14.0 Å². The van der Waals surface area contributed by atoms with E-state index in [9.17, 15) is 9.59 Å². The van der Waals surface area contributed by atoms with Gasteiger partial charge in [0.2, 0.25) is 0 Å². The average molecular weight is 629 g/mol. The number of benzene rings is 2. The van der Waals surface area contributed by atoms with Crippen molar-refractivity contribution in [3.05, 3.63) is 118 Å². The highest BCUT2D eigenvalue weighted by molar-refractivity contribution is 6.08. The molecule has 7 aromatic rings. The number of carbonyl (C=O) groups is 1. The van der Waals surface area contributed by atoms with Crippen molar-refractivity contribution in [2.75, 3.05) is 13.1 Å². The zero-order valence-corrected chi connectivity index (χ0v) is 25.8. The molecule has 0 saturated carbocycles. The number of nitrogens with zero attached hydrogens (tertiary/aromatic N) is 9. The molecule has 6 heterocycles. The summed E-state index contributed by atoms with van der Waals surface area (Å²) in [5, 5.41) is 26.5. The summed E-state index contributed by atoms with van der Waals surface area (Å²) in [6.07, 6.45) is 5.69. The largest absolute Gasteiger partial charge is 0.359 e. The zero-order valence-electron chi connectivity index (χ0n) is 25.8. The first-order valence-electron chi connectivity index (χ1n) is 15.8. The van der Waals surface area contributed by atoms with Gasteiger partial charge in [-0.15, -0.1) is 5.10 Å². The average Bonchev–Trinajstić information content (AvgIpc) is 3.92. The normalized spacial score (nSPS) is 14.0. The molecule has 0 bridgehead atoms. The maximum Gasteiger partial charge on any atom is 0.264 e. The Morgan fingerprint density at radius 1 is 0.979 bits per heavy atom. The van der Waals surface area contributed by atoms with Crippen LogP contribution in [-0.2, 0) is 19.5 Å². The van der Waals surface area contributed by atoms with Gasteiger partial charge in [0.15, 0.2) is 11.6 Å². The van der Waals surface area contributed by atoms with E-state index < -0.39 is 0 Å². The van der Waals surface area contributed by atoms with Crippen LogP contribution >= 0.6 is 0 Å². The van der Waals surface area contributed by atoms with Gasteiger partial charge in [-0.3, -0.25) is 9.59 Å². The number of fused-ring (bicyclic) bond motifs is 3. The van der Waals surface area contributed by atoms with E-state index in [1.807, 2.05) is 24.1 Å². The van der Waals surface area contributed by atoms with Crippen molar-refractivity contribution in [1.82, 2.24) is 49.6 Å². The van der Waals surface area contributed by atoms with Crippen molar-refractivity contribution >= 4 is 27.7 Å². The van der Waals surface area contributed by atoms with Gasteiger partial charge in [0.05, 0.1) is 35.9 Å². The fourth-order valence-electron chi connectivity index (χ4n) is 6.67. The number of carbonyl (C=O) groups excluding carboxylic acids is 1. The minimum absolute atomic E-state index is 0.0558. The number of para-hydroxylation sites is 2. The predicted octanol–water partition coefficient (Wildman–Crippen LogP) is 4.32. The highest BCUT2D eigenvalue weighted by Gasteiger charge is 2.29. The number of hydrogen-bond donors (Lipinski definition) is 1. The molecule has 0 aliphatic carbocycles. The zero-order chi connectivity index (χ0) is 31.9. The maximum atomic E-state index is 13.5. The van der Waals surface area contributed by atoms with Gasteiger partial charge in [0, 0.05) is 52.9 Å². The van der Waals surface area contributed by atoms with E-state index in [2.05, 4.69) is 83.9 Å². The molecule has 0 radical (unpaired) electrons. The van der Waals surface area contributed by atoms with Crippen molar-refractivity contribution < 1.29 is 9.32 Å². The van der Waals surface area contributed by atoms with Crippen molar-refractivity contribution in [3.63, 3.8) is 0 Å². The van der Waals surface area contributed by atoms with Crippen LogP contribution in [0.1, 0.15) is 58.9 Å². The summed E-state index contributed by atoms with van der Waals surface area (Å²) in [7, 11) is 0. The molecule has 1 amide bonds.